The van der Waals surface area contributed by atoms with Gasteiger partial charge in [0.05, 0.1) is 41.6 Å². The van der Waals surface area contributed by atoms with Crippen molar-refractivity contribution >= 4 is 17.8 Å². The van der Waals surface area contributed by atoms with Gasteiger partial charge in [-0.3, -0.25) is 9.78 Å². The second kappa shape index (κ2) is 10.1. The molecule has 1 unspecified atom stereocenters. The smallest absolute Gasteiger partial charge is 0.225 e. The number of ether oxygens (including phenoxy) is 1. The van der Waals surface area contributed by atoms with Crippen LogP contribution in [0.5, 0.6) is 0 Å². The summed E-state index contributed by atoms with van der Waals surface area (Å²) in [7, 11) is 1.61. The van der Waals surface area contributed by atoms with Crippen LogP contribution in [0.1, 0.15) is 60.5 Å². The number of nitriles is 2. The molecule has 8 nitrogen and oxygen atoms in total. The summed E-state index contributed by atoms with van der Waals surface area (Å²) in [6.45, 7) is 6.15. The SMILES string of the molecule is C=Cc1cc(-c2cc(C#N)c(N3CCN(C(=O)CCOC)C(C4CC4)C3)nc2C2CC2)c(C#N)cn1. The predicted molar refractivity (Wildman–Crippen MR) is 136 cm³/mol. The van der Waals surface area contributed by atoms with Crippen LogP contribution in [-0.2, 0) is 9.53 Å². The number of hydrogen-bond acceptors (Lipinski definition) is 7. The van der Waals surface area contributed by atoms with Crippen molar-refractivity contribution in [3.05, 3.63) is 47.4 Å². The minimum Gasteiger partial charge on any atom is -0.384 e. The Morgan fingerprint density at radius 1 is 1.17 bits per heavy atom. The second-order valence-electron chi connectivity index (χ2n) is 9.83. The highest BCUT2D eigenvalue weighted by Crippen LogP contribution is 2.46. The maximum Gasteiger partial charge on any atom is 0.225 e. The van der Waals surface area contributed by atoms with Gasteiger partial charge in [-0.25, -0.2) is 4.98 Å². The quantitative estimate of drug-likeness (QED) is 0.562. The Kier molecular flexibility index (Phi) is 6.71. The van der Waals surface area contributed by atoms with Crippen LogP contribution in [0.15, 0.2) is 24.9 Å². The Bertz CT molecular complexity index is 1270. The van der Waals surface area contributed by atoms with Crippen molar-refractivity contribution in [2.75, 3.05) is 38.3 Å². The molecule has 2 aromatic heterocycles. The minimum atomic E-state index is 0.126. The Labute approximate surface area is 211 Å². The van der Waals surface area contributed by atoms with Crippen molar-refractivity contribution in [3.8, 4) is 23.3 Å². The fourth-order valence-electron chi connectivity index (χ4n) is 5.15. The summed E-state index contributed by atoms with van der Waals surface area (Å²) >= 11 is 0. The van der Waals surface area contributed by atoms with Crippen molar-refractivity contribution < 1.29 is 9.53 Å². The third kappa shape index (κ3) is 4.69. The standard InChI is InChI=1S/C28H30N6O2/c1-3-22-13-23(21(15-30)16-31-22)24-12-20(14-29)28(32-27(24)19-6-7-19)33-9-10-34(26(35)8-11-36-2)25(17-33)18-4-5-18/h3,12-13,16,18-19,25H,1,4-11,17H2,2H3. The third-order valence-corrected chi connectivity index (χ3v) is 7.39. The lowest BCUT2D eigenvalue weighted by atomic mass is 9.95. The Morgan fingerprint density at radius 3 is 2.58 bits per heavy atom. The Balaban J connectivity index is 1.51. The molecule has 0 N–H and O–H groups in total. The number of methoxy groups -OCH3 is 1. The van der Waals surface area contributed by atoms with E-state index >= 15 is 0 Å². The van der Waals surface area contributed by atoms with E-state index in [4.69, 9.17) is 9.72 Å². The molecule has 184 valence electrons. The van der Waals surface area contributed by atoms with Gasteiger partial charge in [0.15, 0.2) is 0 Å². The molecular formula is C28H30N6O2. The van der Waals surface area contributed by atoms with Crippen LogP contribution < -0.4 is 4.90 Å². The van der Waals surface area contributed by atoms with Crippen molar-refractivity contribution in [2.45, 2.75) is 44.1 Å². The van der Waals surface area contributed by atoms with E-state index < -0.39 is 0 Å². The van der Waals surface area contributed by atoms with Crippen LogP contribution in [0, 0.1) is 28.6 Å². The maximum atomic E-state index is 12.9. The zero-order valence-corrected chi connectivity index (χ0v) is 20.6. The molecule has 2 aromatic rings. The van der Waals surface area contributed by atoms with Crippen LogP contribution in [0.4, 0.5) is 5.82 Å². The average molecular weight is 483 g/mol. The number of hydrogen-bond donors (Lipinski definition) is 0. The van der Waals surface area contributed by atoms with Crippen molar-refractivity contribution in [1.82, 2.24) is 14.9 Å². The lowest BCUT2D eigenvalue weighted by Gasteiger charge is -2.42. The summed E-state index contributed by atoms with van der Waals surface area (Å²) in [5.74, 6) is 1.64. The molecule has 3 fully saturated rings. The van der Waals surface area contributed by atoms with Crippen LogP contribution >= 0.6 is 0 Å². The Hall–Kier alpha value is -3.75. The number of aromatic nitrogens is 2. The maximum absolute atomic E-state index is 12.9. The van der Waals surface area contributed by atoms with Crippen LogP contribution in [0.2, 0.25) is 0 Å². The number of carbonyl (C=O) groups excluding carboxylic acids is 1. The van der Waals surface area contributed by atoms with Crippen molar-refractivity contribution in [2.24, 2.45) is 5.92 Å². The number of carbonyl (C=O) groups is 1. The van der Waals surface area contributed by atoms with Crippen molar-refractivity contribution in [1.29, 1.82) is 10.5 Å². The molecule has 3 heterocycles. The van der Waals surface area contributed by atoms with Gasteiger partial charge in [0.1, 0.15) is 18.0 Å². The van der Waals surface area contributed by atoms with E-state index in [-0.39, 0.29) is 11.9 Å². The molecule has 5 rings (SSSR count). The molecule has 1 aliphatic heterocycles. The van der Waals surface area contributed by atoms with Gasteiger partial charge in [0.25, 0.3) is 0 Å². The number of piperazine rings is 1. The lowest BCUT2D eigenvalue weighted by molar-refractivity contribution is -0.135. The van der Waals surface area contributed by atoms with Crippen LogP contribution in [0.3, 0.4) is 0 Å². The molecule has 2 saturated carbocycles. The van der Waals surface area contributed by atoms with E-state index in [9.17, 15) is 15.3 Å². The van der Waals surface area contributed by atoms with Gasteiger partial charge < -0.3 is 14.5 Å². The monoisotopic (exact) mass is 482 g/mol. The van der Waals surface area contributed by atoms with Gasteiger partial charge >= 0.3 is 0 Å². The van der Waals surface area contributed by atoms with Gasteiger partial charge in [0.2, 0.25) is 5.91 Å². The largest absolute Gasteiger partial charge is 0.384 e. The van der Waals surface area contributed by atoms with E-state index in [1.165, 1.54) is 0 Å². The average Bonchev–Trinajstić information content (AvgIpc) is 3.84. The number of nitrogens with zero attached hydrogens (tertiary/aromatic N) is 6. The lowest BCUT2D eigenvalue weighted by Crippen LogP contribution is -2.56. The van der Waals surface area contributed by atoms with E-state index in [1.54, 1.807) is 19.4 Å². The summed E-state index contributed by atoms with van der Waals surface area (Å²) in [5.41, 5.74) is 4.12. The summed E-state index contributed by atoms with van der Waals surface area (Å²) < 4.78 is 5.12. The van der Waals surface area contributed by atoms with E-state index in [1.807, 2.05) is 17.0 Å². The third-order valence-electron chi connectivity index (χ3n) is 7.39. The highest BCUT2D eigenvalue weighted by atomic mass is 16.5. The minimum absolute atomic E-state index is 0.126. The summed E-state index contributed by atoms with van der Waals surface area (Å²) in [4.78, 5) is 26.4. The first kappa shape index (κ1) is 24.0. The molecule has 8 heteroatoms. The number of pyridine rings is 2. The molecule has 0 bridgehead atoms. The highest BCUT2D eigenvalue weighted by molar-refractivity contribution is 5.79. The molecule has 0 radical (unpaired) electrons. The highest BCUT2D eigenvalue weighted by Gasteiger charge is 2.41. The first-order valence-electron chi connectivity index (χ1n) is 12.6. The van der Waals surface area contributed by atoms with E-state index in [0.717, 1.165) is 42.5 Å². The van der Waals surface area contributed by atoms with E-state index in [0.29, 0.717) is 67.1 Å². The predicted octanol–water partition coefficient (Wildman–Crippen LogP) is 3.87. The van der Waals surface area contributed by atoms with Gasteiger partial charge in [-0.1, -0.05) is 6.58 Å². The number of rotatable bonds is 8. The van der Waals surface area contributed by atoms with Gasteiger partial charge in [0, 0.05) is 50.0 Å². The molecule has 1 atom stereocenters. The molecule has 3 aliphatic rings. The van der Waals surface area contributed by atoms with E-state index in [2.05, 4.69) is 28.6 Å². The first-order valence-corrected chi connectivity index (χ1v) is 12.6. The van der Waals surface area contributed by atoms with Gasteiger partial charge in [-0.2, -0.15) is 10.5 Å². The fourth-order valence-corrected chi connectivity index (χ4v) is 5.15. The first-order chi connectivity index (χ1) is 17.6. The molecule has 1 saturated heterocycles. The molecule has 2 aliphatic carbocycles. The van der Waals surface area contributed by atoms with Crippen LogP contribution in [-0.4, -0.2) is 60.2 Å². The summed E-state index contributed by atoms with van der Waals surface area (Å²) in [6, 6.07) is 8.46. The topological polar surface area (TPSA) is 106 Å². The number of amides is 1. The van der Waals surface area contributed by atoms with Crippen LogP contribution in [0.25, 0.3) is 17.2 Å². The normalized spacial score (nSPS) is 19.5. The Morgan fingerprint density at radius 2 is 1.94 bits per heavy atom. The van der Waals surface area contributed by atoms with Gasteiger partial charge in [-0.15, -0.1) is 0 Å². The zero-order valence-electron chi connectivity index (χ0n) is 20.6. The summed E-state index contributed by atoms with van der Waals surface area (Å²) in [6.07, 6.45) is 7.94. The molecule has 0 spiro atoms. The van der Waals surface area contributed by atoms with Gasteiger partial charge in [-0.05, 0) is 49.8 Å². The molecular weight excluding hydrogens is 452 g/mol. The molecule has 36 heavy (non-hydrogen) atoms. The number of anilines is 1. The summed E-state index contributed by atoms with van der Waals surface area (Å²) in [5, 5.41) is 19.9. The molecule has 1 amide bonds. The molecule has 0 aromatic carbocycles. The fraction of sp³-hybridized carbons (Fsp3) is 0.464. The van der Waals surface area contributed by atoms with Crippen molar-refractivity contribution in [3.63, 3.8) is 0 Å². The zero-order chi connectivity index (χ0) is 25.2. The second-order valence-corrected chi connectivity index (χ2v) is 9.83.